The number of anilines is 1. The quantitative estimate of drug-likeness (QED) is 0.799. The van der Waals surface area contributed by atoms with E-state index >= 15 is 0 Å². The molecular formula is C17H20ClN3O3S. The number of hydrogen-bond acceptors (Lipinski definition) is 4. The van der Waals surface area contributed by atoms with Crippen LogP contribution in [0.3, 0.4) is 0 Å². The Balaban J connectivity index is 2.23. The summed E-state index contributed by atoms with van der Waals surface area (Å²) in [6.45, 7) is 1.99. The molecule has 0 fully saturated rings. The van der Waals surface area contributed by atoms with Crippen LogP contribution in [0.1, 0.15) is 19.0 Å². The Hall–Kier alpha value is -2.12. The highest BCUT2D eigenvalue weighted by molar-refractivity contribution is 7.92. The zero-order valence-electron chi connectivity index (χ0n) is 14.0. The molecule has 8 heteroatoms. The van der Waals surface area contributed by atoms with Crippen molar-refractivity contribution in [2.75, 3.05) is 10.6 Å². The van der Waals surface area contributed by atoms with Crippen molar-refractivity contribution in [1.82, 2.24) is 10.3 Å². The molecule has 1 aromatic carbocycles. The first kappa shape index (κ1) is 19.2. The van der Waals surface area contributed by atoms with E-state index < -0.39 is 16.1 Å². The molecule has 0 bridgehead atoms. The number of nitrogens with zero attached hydrogens (tertiary/aromatic N) is 2. The first-order valence-electron chi connectivity index (χ1n) is 7.75. The highest BCUT2D eigenvalue weighted by Gasteiger charge is 2.31. The zero-order valence-corrected chi connectivity index (χ0v) is 15.6. The van der Waals surface area contributed by atoms with Gasteiger partial charge in [-0.25, -0.2) is 8.42 Å². The third-order valence-corrected chi connectivity index (χ3v) is 5.01. The number of amides is 1. The Morgan fingerprint density at radius 3 is 2.44 bits per heavy atom. The molecule has 134 valence electrons. The van der Waals surface area contributed by atoms with Crippen molar-refractivity contribution in [3.63, 3.8) is 0 Å². The Labute approximate surface area is 152 Å². The molecule has 0 spiro atoms. The molecular weight excluding hydrogens is 362 g/mol. The van der Waals surface area contributed by atoms with Crippen molar-refractivity contribution in [3.05, 3.63) is 59.4 Å². The number of carbonyl (C=O) groups excluding carboxylic acids is 1. The highest BCUT2D eigenvalue weighted by atomic mass is 35.5. The smallest absolute Gasteiger partial charge is 0.244 e. The van der Waals surface area contributed by atoms with Crippen LogP contribution >= 0.6 is 11.6 Å². The third-order valence-electron chi connectivity index (χ3n) is 3.58. The maximum atomic E-state index is 12.6. The van der Waals surface area contributed by atoms with E-state index in [1.165, 1.54) is 0 Å². The van der Waals surface area contributed by atoms with Crippen LogP contribution in [0.4, 0.5) is 5.69 Å². The summed E-state index contributed by atoms with van der Waals surface area (Å²) in [6.07, 6.45) is 3.04. The summed E-state index contributed by atoms with van der Waals surface area (Å²) in [5.41, 5.74) is 1.09. The van der Waals surface area contributed by atoms with Gasteiger partial charge in [-0.3, -0.25) is 14.1 Å². The lowest BCUT2D eigenvalue weighted by Crippen LogP contribution is -2.49. The highest BCUT2D eigenvalue weighted by Crippen LogP contribution is 2.24. The minimum Gasteiger partial charge on any atom is -0.349 e. The fourth-order valence-corrected chi connectivity index (χ4v) is 3.78. The van der Waals surface area contributed by atoms with Crippen LogP contribution in [0.5, 0.6) is 0 Å². The lowest BCUT2D eigenvalue weighted by molar-refractivity contribution is -0.122. The molecule has 1 N–H and O–H groups in total. The van der Waals surface area contributed by atoms with E-state index in [1.807, 2.05) is 6.07 Å². The maximum Gasteiger partial charge on any atom is 0.244 e. The molecule has 25 heavy (non-hydrogen) atoms. The lowest BCUT2D eigenvalue weighted by atomic mass is 10.2. The molecule has 1 aromatic heterocycles. The number of benzene rings is 1. The summed E-state index contributed by atoms with van der Waals surface area (Å²) in [4.78, 5) is 16.7. The van der Waals surface area contributed by atoms with Crippen LogP contribution in [0.25, 0.3) is 0 Å². The van der Waals surface area contributed by atoms with Gasteiger partial charge >= 0.3 is 0 Å². The van der Waals surface area contributed by atoms with Crippen molar-refractivity contribution in [2.45, 2.75) is 25.9 Å². The molecule has 0 aliphatic heterocycles. The van der Waals surface area contributed by atoms with Gasteiger partial charge in [0.2, 0.25) is 15.9 Å². The molecule has 2 aromatic rings. The van der Waals surface area contributed by atoms with Gasteiger partial charge in [-0.05, 0) is 42.8 Å². The summed E-state index contributed by atoms with van der Waals surface area (Å²) in [6, 6.07) is 10.9. The van der Waals surface area contributed by atoms with Gasteiger partial charge in [0, 0.05) is 11.2 Å². The Morgan fingerprint density at radius 1 is 1.24 bits per heavy atom. The monoisotopic (exact) mass is 381 g/mol. The normalized spacial score (nSPS) is 12.4. The second-order valence-electron chi connectivity index (χ2n) is 5.50. The number of sulfonamides is 1. The second-order valence-corrected chi connectivity index (χ2v) is 7.79. The van der Waals surface area contributed by atoms with E-state index in [-0.39, 0.29) is 12.5 Å². The number of pyridine rings is 1. The van der Waals surface area contributed by atoms with E-state index in [1.54, 1.807) is 49.5 Å². The number of nitrogens with one attached hydrogen (secondary N) is 1. The molecule has 0 saturated heterocycles. The SMILES string of the molecule is CC[C@@H](C(=O)NCc1ccccn1)N(c1ccc(Cl)cc1)S(C)(=O)=O. The third kappa shape index (κ3) is 5.17. The maximum absolute atomic E-state index is 12.6. The first-order chi connectivity index (χ1) is 11.8. The minimum absolute atomic E-state index is 0.231. The van der Waals surface area contributed by atoms with Crippen LogP contribution in [-0.2, 0) is 21.4 Å². The van der Waals surface area contributed by atoms with Crippen LogP contribution in [0.15, 0.2) is 48.7 Å². The Morgan fingerprint density at radius 2 is 1.92 bits per heavy atom. The van der Waals surface area contributed by atoms with Crippen molar-refractivity contribution >= 4 is 33.2 Å². The topological polar surface area (TPSA) is 79.4 Å². The van der Waals surface area contributed by atoms with Gasteiger partial charge in [0.15, 0.2) is 0 Å². The minimum atomic E-state index is -3.66. The molecule has 1 amide bonds. The summed E-state index contributed by atoms with van der Waals surface area (Å²) in [5, 5.41) is 3.24. The van der Waals surface area contributed by atoms with Crippen LogP contribution in [-0.4, -0.2) is 31.6 Å². The predicted molar refractivity (Wildman–Crippen MR) is 98.9 cm³/mol. The molecule has 0 aliphatic rings. The van der Waals surface area contributed by atoms with Gasteiger partial charge < -0.3 is 5.32 Å². The largest absolute Gasteiger partial charge is 0.349 e. The van der Waals surface area contributed by atoms with E-state index in [0.717, 1.165) is 10.6 Å². The molecule has 0 aliphatic carbocycles. The molecule has 2 rings (SSSR count). The van der Waals surface area contributed by atoms with E-state index in [2.05, 4.69) is 10.3 Å². The molecule has 0 saturated carbocycles. The van der Waals surface area contributed by atoms with Gasteiger partial charge in [0.25, 0.3) is 0 Å². The van der Waals surface area contributed by atoms with E-state index in [0.29, 0.717) is 22.8 Å². The summed E-state index contributed by atoms with van der Waals surface area (Å²) in [5.74, 6) is -0.381. The summed E-state index contributed by atoms with van der Waals surface area (Å²) < 4.78 is 25.7. The molecule has 1 atom stereocenters. The number of rotatable bonds is 7. The lowest BCUT2D eigenvalue weighted by Gasteiger charge is -2.30. The zero-order chi connectivity index (χ0) is 18.4. The van der Waals surface area contributed by atoms with Crippen molar-refractivity contribution < 1.29 is 13.2 Å². The summed E-state index contributed by atoms with van der Waals surface area (Å²) >= 11 is 5.87. The molecule has 1 heterocycles. The average Bonchev–Trinajstić information content (AvgIpc) is 2.58. The Bertz CT molecular complexity index is 811. The van der Waals surface area contributed by atoms with Crippen molar-refractivity contribution in [1.29, 1.82) is 0 Å². The molecule has 0 radical (unpaired) electrons. The Kier molecular flexibility index (Phi) is 6.39. The van der Waals surface area contributed by atoms with Crippen molar-refractivity contribution in [3.8, 4) is 0 Å². The van der Waals surface area contributed by atoms with Crippen LogP contribution in [0, 0.1) is 0 Å². The van der Waals surface area contributed by atoms with Gasteiger partial charge in [0.1, 0.15) is 6.04 Å². The van der Waals surface area contributed by atoms with Gasteiger partial charge in [-0.2, -0.15) is 0 Å². The number of hydrogen-bond donors (Lipinski definition) is 1. The number of halogens is 1. The number of carbonyl (C=O) groups is 1. The van der Waals surface area contributed by atoms with Gasteiger partial charge in [-0.1, -0.05) is 24.6 Å². The summed E-state index contributed by atoms with van der Waals surface area (Å²) in [7, 11) is -3.66. The fourth-order valence-electron chi connectivity index (χ4n) is 2.45. The second kappa shape index (κ2) is 8.31. The van der Waals surface area contributed by atoms with Gasteiger partial charge in [0.05, 0.1) is 24.2 Å². The standard InChI is InChI=1S/C17H20ClN3O3S/c1-3-16(17(22)20-12-14-6-4-5-11-19-14)21(25(2,23)24)15-9-7-13(18)8-10-15/h4-11,16H,3,12H2,1-2H3,(H,20,22)/t16-/m0/s1. The van der Waals surface area contributed by atoms with E-state index in [9.17, 15) is 13.2 Å². The van der Waals surface area contributed by atoms with Crippen LogP contribution in [0.2, 0.25) is 5.02 Å². The first-order valence-corrected chi connectivity index (χ1v) is 9.98. The predicted octanol–water partition coefficient (Wildman–Crippen LogP) is 2.60. The fraction of sp³-hybridized carbons (Fsp3) is 0.294. The van der Waals surface area contributed by atoms with Crippen LogP contribution < -0.4 is 9.62 Å². The average molecular weight is 382 g/mol. The molecule has 6 nitrogen and oxygen atoms in total. The van der Waals surface area contributed by atoms with E-state index in [4.69, 9.17) is 11.6 Å². The number of aromatic nitrogens is 1. The molecule has 0 unspecified atom stereocenters. The van der Waals surface area contributed by atoms with Crippen molar-refractivity contribution in [2.24, 2.45) is 0 Å². The van der Waals surface area contributed by atoms with Gasteiger partial charge in [-0.15, -0.1) is 0 Å².